The summed E-state index contributed by atoms with van der Waals surface area (Å²) in [5, 5.41) is 9.06. The van der Waals surface area contributed by atoms with Crippen molar-refractivity contribution in [3.63, 3.8) is 0 Å². The van der Waals surface area contributed by atoms with Crippen molar-refractivity contribution in [1.29, 1.82) is 0 Å². The van der Waals surface area contributed by atoms with Crippen molar-refractivity contribution in [3.05, 3.63) is 29.8 Å². The molecule has 110 valence electrons. The predicted octanol–water partition coefficient (Wildman–Crippen LogP) is 1.57. The minimum absolute atomic E-state index is 0.0441. The lowest BCUT2D eigenvalue weighted by molar-refractivity contribution is -0.119. The first-order chi connectivity index (χ1) is 10.1. The molecule has 0 aromatic heterocycles. The van der Waals surface area contributed by atoms with Gasteiger partial charge in [0.2, 0.25) is 5.12 Å². The molecule has 2 heterocycles. The van der Waals surface area contributed by atoms with E-state index in [4.69, 9.17) is 0 Å². The van der Waals surface area contributed by atoms with Crippen molar-refractivity contribution < 1.29 is 9.59 Å². The summed E-state index contributed by atoms with van der Waals surface area (Å²) in [7, 11) is 0. The Bertz CT molecular complexity index is 615. The summed E-state index contributed by atoms with van der Waals surface area (Å²) in [4.78, 5) is 23.7. The maximum atomic E-state index is 12.1. The van der Waals surface area contributed by atoms with E-state index in [-0.39, 0.29) is 17.1 Å². The number of nitrogens with zero attached hydrogens (tertiary/aromatic N) is 2. The maximum Gasteiger partial charge on any atom is 0.267 e. The molecule has 0 spiro atoms. The molecular weight excluding hydrogens is 286 g/mol. The zero-order valence-corrected chi connectivity index (χ0v) is 12.7. The van der Waals surface area contributed by atoms with Crippen LogP contribution in [0.15, 0.2) is 29.4 Å². The molecule has 2 aliphatic heterocycles. The van der Waals surface area contributed by atoms with Crippen LogP contribution in [0.25, 0.3) is 0 Å². The quantitative estimate of drug-likeness (QED) is 0.861. The zero-order chi connectivity index (χ0) is 14.8. The van der Waals surface area contributed by atoms with Crippen LogP contribution in [0.1, 0.15) is 18.9 Å². The number of anilines is 1. The van der Waals surface area contributed by atoms with Gasteiger partial charge >= 0.3 is 0 Å². The second-order valence-electron chi connectivity index (χ2n) is 5.17. The number of carbonyl (C=O) groups excluding carboxylic acids is 2. The molecule has 1 N–H and O–H groups in total. The van der Waals surface area contributed by atoms with Gasteiger partial charge in [0, 0.05) is 12.3 Å². The van der Waals surface area contributed by atoms with Crippen LogP contribution < -0.4 is 10.3 Å². The van der Waals surface area contributed by atoms with Gasteiger partial charge in [-0.15, -0.1) is 0 Å². The third kappa shape index (κ3) is 2.95. The van der Waals surface area contributed by atoms with Gasteiger partial charge in [0.15, 0.2) is 0 Å². The molecule has 6 heteroatoms. The van der Waals surface area contributed by atoms with Gasteiger partial charge in [-0.1, -0.05) is 30.0 Å². The summed E-state index contributed by atoms with van der Waals surface area (Å²) in [6, 6.07) is 7.70. The Morgan fingerprint density at radius 1 is 1.43 bits per heavy atom. The average Bonchev–Trinajstić information content (AvgIpc) is 3.07. The number of hydrogen-bond acceptors (Lipinski definition) is 5. The second-order valence-corrected chi connectivity index (χ2v) is 6.27. The van der Waals surface area contributed by atoms with E-state index in [1.165, 1.54) is 17.3 Å². The minimum Gasteiger partial charge on any atom is -0.340 e. The van der Waals surface area contributed by atoms with Crippen molar-refractivity contribution in [2.24, 2.45) is 5.10 Å². The maximum absolute atomic E-state index is 12.1. The standard InChI is InChI=1S/C15H17N3O2S/c1-10(14(19)16-12-7-9-21-15(12)20)17-18-8-6-11-4-2-3-5-13(11)18/h2-5,12H,6-9H2,1H3,(H,16,19). The van der Waals surface area contributed by atoms with E-state index in [1.807, 2.05) is 23.2 Å². The minimum atomic E-state index is -0.362. The Balaban J connectivity index is 1.69. The molecule has 1 aromatic rings. The van der Waals surface area contributed by atoms with Crippen LogP contribution in [0.4, 0.5) is 5.69 Å². The zero-order valence-electron chi connectivity index (χ0n) is 11.8. The van der Waals surface area contributed by atoms with E-state index < -0.39 is 0 Å². The fraction of sp³-hybridized carbons (Fsp3) is 0.400. The third-order valence-corrected chi connectivity index (χ3v) is 4.71. The summed E-state index contributed by atoms with van der Waals surface area (Å²) in [6.07, 6.45) is 1.64. The lowest BCUT2D eigenvalue weighted by atomic mass is 10.2. The Hall–Kier alpha value is -1.82. The largest absolute Gasteiger partial charge is 0.340 e. The molecule has 1 saturated heterocycles. The fourth-order valence-electron chi connectivity index (χ4n) is 2.54. The Labute approximate surface area is 127 Å². The molecule has 0 radical (unpaired) electrons. The normalized spacial score (nSPS) is 21.6. The van der Waals surface area contributed by atoms with E-state index >= 15 is 0 Å². The third-order valence-electron chi connectivity index (χ3n) is 3.70. The van der Waals surface area contributed by atoms with E-state index in [1.54, 1.807) is 6.92 Å². The molecule has 1 fully saturated rings. The Morgan fingerprint density at radius 2 is 2.24 bits per heavy atom. The number of thioether (sulfide) groups is 1. The first kappa shape index (κ1) is 14.1. The van der Waals surface area contributed by atoms with Gasteiger partial charge in [0.05, 0.1) is 11.7 Å². The van der Waals surface area contributed by atoms with Gasteiger partial charge in [-0.2, -0.15) is 5.10 Å². The van der Waals surface area contributed by atoms with Crippen molar-refractivity contribution in [3.8, 4) is 0 Å². The second kappa shape index (κ2) is 5.89. The highest BCUT2D eigenvalue weighted by molar-refractivity contribution is 8.14. The summed E-state index contributed by atoms with van der Waals surface area (Å²) in [5.41, 5.74) is 2.69. The summed E-state index contributed by atoms with van der Waals surface area (Å²) in [5.74, 6) is 0.514. The molecule has 1 atom stereocenters. The molecule has 0 bridgehead atoms. The highest BCUT2D eigenvalue weighted by Crippen LogP contribution is 2.27. The van der Waals surface area contributed by atoms with Gasteiger partial charge in [-0.3, -0.25) is 14.6 Å². The molecule has 3 rings (SSSR count). The molecular formula is C15H17N3O2S. The number of nitrogens with one attached hydrogen (secondary N) is 1. The lowest BCUT2D eigenvalue weighted by Crippen LogP contribution is -2.41. The van der Waals surface area contributed by atoms with E-state index in [9.17, 15) is 9.59 Å². The van der Waals surface area contributed by atoms with Crippen LogP contribution in [0.5, 0.6) is 0 Å². The fourth-order valence-corrected chi connectivity index (χ4v) is 3.47. The molecule has 2 aliphatic rings. The number of carbonyl (C=O) groups is 2. The smallest absolute Gasteiger partial charge is 0.267 e. The van der Waals surface area contributed by atoms with E-state index in [0.29, 0.717) is 12.1 Å². The van der Waals surface area contributed by atoms with Crippen molar-refractivity contribution >= 4 is 34.2 Å². The SMILES string of the molecule is CC(=NN1CCc2ccccc21)C(=O)NC1CCSC1=O. The van der Waals surface area contributed by atoms with Crippen LogP contribution in [0.2, 0.25) is 0 Å². The summed E-state index contributed by atoms with van der Waals surface area (Å²) in [6.45, 7) is 2.46. The van der Waals surface area contributed by atoms with Crippen LogP contribution >= 0.6 is 11.8 Å². The summed E-state index contributed by atoms with van der Waals surface area (Å²) >= 11 is 1.28. The molecule has 1 aromatic carbocycles. The van der Waals surface area contributed by atoms with Crippen molar-refractivity contribution in [2.75, 3.05) is 17.3 Å². The first-order valence-electron chi connectivity index (χ1n) is 7.03. The van der Waals surface area contributed by atoms with Crippen LogP contribution in [-0.2, 0) is 16.0 Å². The van der Waals surface area contributed by atoms with E-state index in [0.717, 1.165) is 24.4 Å². The van der Waals surface area contributed by atoms with Crippen LogP contribution in [0.3, 0.4) is 0 Å². The highest BCUT2D eigenvalue weighted by Gasteiger charge is 2.27. The van der Waals surface area contributed by atoms with Crippen LogP contribution in [0, 0.1) is 0 Å². The number of hydrazone groups is 1. The molecule has 5 nitrogen and oxygen atoms in total. The number of amides is 1. The monoisotopic (exact) mass is 303 g/mol. The van der Waals surface area contributed by atoms with Crippen molar-refractivity contribution in [2.45, 2.75) is 25.8 Å². The number of fused-ring (bicyclic) bond motifs is 1. The average molecular weight is 303 g/mol. The highest BCUT2D eigenvalue weighted by atomic mass is 32.2. The molecule has 1 amide bonds. The number of rotatable bonds is 3. The lowest BCUT2D eigenvalue weighted by Gasteiger charge is -2.15. The molecule has 1 unspecified atom stereocenters. The molecule has 21 heavy (non-hydrogen) atoms. The predicted molar refractivity (Wildman–Crippen MR) is 84.6 cm³/mol. The number of benzene rings is 1. The van der Waals surface area contributed by atoms with Gasteiger partial charge in [-0.05, 0) is 31.4 Å². The van der Waals surface area contributed by atoms with Crippen molar-refractivity contribution in [1.82, 2.24) is 5.32 Å². The Morgan fingerprint density at radius 3 is 3.00 bits per heavy atom. The van der Waals surface area contributed by atoms with Crippen LogP contribution in [-0.4, -0.2) is 35.1 Å². The van der Waals surface area contributed by atoms with E-state index in [2.05, 4.69) is 16.5 Å². The topological polar surface area (TPSA) is 61.8 Å². The van der Waals surface area contributed by atoms with Gasteiger partial charge in [0.1, 0.15) is 5.71 Å². The molecule has 0 aliphatic carbocycles. The molecule has 0 saturated carbocycles. The number of para-hydroxylation sites is 1. The number of hydrogen-bond donors (Lipinski definition) is 1. The first-order valence-corrected chi connectivity index (χ1v) is 8.02. The van der Waals surface area contributed by atoms with Gasteiger partial charge in [0.25, 0.3) is 5.91 Å². The Kier molecular flexibility index (Phi) is 3.96. The summed E-state index contributed by atoms with van der Waals surface area (Å²) < 4.78 is 0. The van der Waals surface area contributed by atoms with Gasteiger partial charge in [-0.25, -0.2) is 0 Å². The van der Waals surface area contributed by atoms with Gasteiger partial charge < -0.3 is 5.32 Å².